The Hall–Kier alpha value is -1.42. The summed E-state index contributed by atoms with van der Waals surface area (Å²) in [6.07, 6.45) is 0. The van der Waals surface area contributed by atoms with Crippen LogP contribution in [-0.4, -0.2) is 10.1 Å². The molecule has 2 nitrogen and oxygen atoms in total. The van der Waals surface area contributed by atoms with Crippen LogP contribution >= 0.6 is 11.3 Å². The minimum absolute atomic E-state index is 0.142. The van der Waals surface area contributed by atoms with Crippen molar-refractivity contribution in [2.45, 2.75) is 6.92 Å². The Kier molecular flexibility index (Phi) is 2.21. The standard InChI is InChI=1S/C10H8FNOS/c1-6-10(13)14-9(12-6)7-4-2-3-5-8(7)11/h2-5,13H,1H3. The molecule has 1 heterocycles. The molecule has 0 saturated carbocycles. The second kappa shape index (κ2) is 3.38. The Labute approximate surface area is 84.7 Å². The van der Waals surface area contributed by atoms with Gasteiger partial charge in [0.05, 0.1) is 5.69 Å². The van der Waals surface area contributed by atoms with E-state index in [-0.39, 0.29) is 10.9 Å². The first-order chi connectivity index (χ1) is 6.68. The lowest BCUT2D eigenvalue weighted by Gasteiger charge is -1.96. The Morgan fingerprint density at radius 3 is 2.64 bits per heavy atom. The molecule has 0 aliphatic heterocycles. The van der Waals surface area contributed by atoms with Crippen LogP contribution < -0.4 is 0 Å². The van der Waals surface area contributed by atoms with Crippen LogP contribution in [-0.2, 0) is 0 Å². The lowest BCUT2D eigenvalue weighted by Crippen LogP contribution is -1.82. The number of halogens is 1. The van der Waals surface area contributed by atoms with E-state index in [9.17, 15) is 9.50 Å². The van der Waals surface area contributed by atoms with E-state index >= 15 is 0 Å². The molecule has 0 radical (unpaired) electrons. The molecule has 1 aromatic carbocycles. The van der Waals surface area contributed by atoms with Crippen molar-refractivity contribution in [2.75, 3.05) is 0 Å². The highest BCUT2D eigenvalue weighted by Gasteiger charge is 2.11. The van der Waals surface area contributed by atoms with Gasteiger partial charge in [-0.25, -0.2) is 9.37 Å². The highest BCUT2D eigenvalue weighted by atomic mass is 32.1. The third kappa shape index (κ3) is 1.48. The van der Waals surface area contributed by atoms with Crippen molar-refractivity contribution in [2.24, 2.45) is 0 Å². The number of aromatic hydroxyl groups is 1. The Morgan fingerprint density at radius 1 is 1.36 bits per heavy atom. The monoisotopic (exact) mass is 209 g/mol. The first-order valence-corrected chi connectivity index (χ1v) is 4.91. The Bertz CT molecular complexity index is 447. The highest BCUT2D eigenvalue weighted by Crippen LogP contribution is 2.33. The van der Waals surface area contributed by atoms with Crippen LogP contribution in [0, 0.1) is 12.7 Å². The SMILES string of the molecule is Cc1nc(-c2ccccc2F)sc1O. The summed E-state index contributed by atoms with van der Waals surface area (Å²) < 4.78 is 13.3. The average molecular weight is 209 g/mol. The highest BCUT2D eigenvalue weighted by molar-refractivity contribution is 7.16. The van der Waals surface area contributed by atoms with Crippen LogP contribution in [0.1, 0.15) is 5.69 Å². The van der Waals surface area contributed by atoms with E-state index in [1.54, 1.807) is 25.1 Å². The van der Waals surface area contributed by atoms with E-state index < -0.39 is 0 Å². The zero-order chi connectivity index (χ0) is 10.1. The number of hydrogen-bond donors (Lipinski definition) is 1. The average Bonchev–Trinajstić information content (AvgIpc) is 2.48. The van der Waals surface area contributed by atoms with Crippen molar-refractivity contribution in [1.29, 1.82) is 0 Å². The molecule has 2 rings (SSSR count). The first kappa shape index (κ1) is 9.15. The number of nitrogens with zero attached hydrogens (tertiary/aromatic N) is 1. The fourth-order valence-electron chi connectivity index (χ4n) is 1.14. The third-order valence-electron chi connectivity index (χ3n) is 1.88. The minimum Gasteiger partial charge on any atom is -0.498 e. The lowest BCUT2D eigenvalue weighted by molar-refractivity contribution is 0.485. The maximum Gasteiger partial charge on any atom is 0.195 e. The Balaban J connectivity index is 2.55. The van der Waals surface area contributed by atoms with Gasteiger partial charge in [0.25, 0.3) is 0 Å². The van der Waals surface area contributed by atoms with Crippen LogP contribution in [0.25, 0.3) is 10.6 Å². The number of thiazole rings is 1. The minimum atomic E-state index is -0.318. The van der Waals surface area contributed by atoms with E-state index in [0.717, 1.165) is 11.3 Å². The molecule has 0 saturated heterocycles. The summed E-state index contributed by atoms with van der Waals surface area (Å²) in [5.41, 5.74) is 0.967. The molecule has 0 spiro atoms. The fraction of sp³-hybridized carbons (Fsp3) is 0.100. The predicted octanol–water partition coefficient (Wildman–Crippen LogP) is 2.96. The molecule has 0 unspecified atom stereocenters. The predicted molar refractivity (Wildman–Crippen MR) is 53.9 cm³/mol. The smallest absolute Gasteiger partial charge is 0.195 e. The van der Waals surface area contributed by atoms with Gasteiger partial charge in [-0.15, -0.1) is 0 Å². The van der Waals surface area contributed by atoms with Gasteiger partial charge in [-0.3, -0.25) is 0 Å². The van der Waals surface area contributed by atoms with Crippen molar-refractivity contribution < 1.29 is 9.50 Å². The largest absolute Gasteiger partial charge is 0.498 e. The first-order valence-electron chi connectivity index (χ1n) is 4.10. The Morgan fingerprint density at radius 2 is 2.07 bits per heavy atom. The molecule has 0 aliphatic rings. The van der Waals surface area contributed by atoms with Gasteiger partial charge in [-0.05, 0) is 19.1 Å². The van der Waals surface area contributed by atoms with Gasteiger partial charge in [0.1, 0.15) is 10.8 Å². The van der Waals surface area contributed by atoms with Gasteiger partial charge in [0, 0.05) is 5.56 Å². The molecule has 0 atom stereocenters. The van der Waals surface area contributed by atoms with Crippen LogP contribution in [0.2, 0.25) is 0 Å². The molecule has 0 fully saturated rings. The summed E-state index contributed by atoms with van der Waals surface area (Å²) in [4.78, 5) is 4.07. The van der Waals surface area contributed by atoms with E-state index in [1.165, 1.54) is 6.07 Å². The van der Waals surface area contributed by atoms with Gasteiger partial charge in [-0.1, -0.05) is 23.5 Å². The summed E-state index contributed by atoms with van der Waals surface area (Å²) in [6, 6.07) is 6.39. The van der Waals surface area contributed by atoms with Gasteiger partial charge in [0.2, 0.25) is 0 Å². The number of hydrogen-bond acceptors (Lipinski definition) is 3. The third-order valence-corrected chi connectivity index (χ3v) is 2.87. The van der Waals surface area contributed by atoms with Crippen molar-refractivity contribution in [3.63, 3.8) is 0 Å². The van der Waals surface area contributed by atoms with E-state index in [0.29, 0.717) is 16.3 Å². The zero-order valence-corrected chi connectivity index (χ0v) is 8.31. The molecular formula is C10H8FNOS. The van der Waals surface area contributed by atoms with E-state index in [2.05, 4.69) is 4.98 Å². The topological polar surface area (TPSA) is 33.1 Å². The molecule has 0 amide bonds. The zero-order valence-electron chi connectivity index (χ0n) is 7.49. The van der Waals surface area contributed by atoms with Crippen molar-refractivity contribution in [3.8, 4) is 15.6 Å². The lowest BCUT2D eigenvalue weighted by atomic mass is 10.2. The fourth-order valence-corrected chi connectivity index (χ4v) is 1.97. The molecule has 2 aromatic rings. The van der Waals surface area contributed by atoms with Gasteiger partial charge in [0.15, 0.2) is 5.06 Å². The molecular weight excluding hydrogens is 201 g/mol. The maximum absolute atomic E-state index is 13.3. The molecule has 4 heteroatoms. The number of benzene rings is 1. The van der Waals surface area contributed by atoms with Crippen molar-refractivity contribution >= 4 is 11.3 Å². The van der Waals surface area contributed by atoms with Crippen LogP contribution in [0.3, 0.4) is 0 Å². The van der Waals surface area contributed by atoms with Gasteiger partial charge in [-0.2, -0.15) is 0 Å². The van der Waals surface area contributed by atoms with E-state index in [1.807, 2.05) is 0 Å². The molecule has 72 valence electrons. The summed E-state index contributed by atoms with van der Waals surface area (Å²) in [6.45, 7) is 1.69. The van der Waals surface area contributed by atoms with Gasteiger partial charge < -0.3 is 5.11 Å². The van der Waals surface area contributed by atoms with Crippen LogP contribution in [0.4, 0.5) is 4.39 Å². The van der Waals surface area contributed by atoms with Crippen molar-refractivity contribution in [1.82, 2.24) is 4.98 Å². The quantitative estimate of drug-likeness (QED) is 0.783. The summed E-state index contributed by atoms with van der Waals surface area (Å²) in [7, 11) is 0. The molecule has 1 N–H and O–H groups in total. The van der Waals surface area contributed by atoms with Crippen LogP contribution in [0.15, 0.2) is 24.3 Å². The molecule has 0 bridgehead atoms. The summed E-state index contributed by atoms with van der Waals surface area (Å²) in [5.74, 6) is -0.318. The molecule has 14 heavy (non-hydrogen) atoms. The summed E-state index contributed by atoms with van der Waals surface area (Å²) in [5, 5.41) is 9.98. The number of aromatic nitrogens is 1. The molecule has 1 aromatic heterocycles. The second-order valence-electron chi connectivity index (χ2n) is 2.89. The maximum atomic E-state index is 13.3. The second-order valence-corrected chi connectivity index (χ2v) is 3.87. The van der Waals surface area contributed by atoms with Gasteiger partial charge >= 0.3 is 0 Å². The number of rotatable bonds is 1. The normalized spacial score (nSPS) is 10.4. The van der Waals surface area contributed by atoms with E-state index in [4.69, 9.17) is 0 Å². The van der Waals surface area contributed by atoms with Crippen LogP contribution in [0.5, 0.6) is 5.06 Å². The number of aryl methyl sites for hydroxylation is 1. The summed E-state index contributed by atoms with van der Waals surface area (Å²) >= 11 is 1.09. The van der Waals surface area contributed by atoms with Crippen molar-refractivity contribution in [3.05, 3.63) is 35.8 Å². The molecule has 0 aliphatic carbocycles.